The maximum absolute atomic E-state index is 12.3. The molecule has 0 fully saturated rings. The highest BCUT2D eigenvalue weighted by molar-refractivity contribution is 6.04. The van der Waals surface area contributed by atoms with Gasteiger partial charge in [-0.2, -0.15) is 0 Å². The lowest BCUT2D eigenvalue weighted by molar-refractivity contribution is -0.305. The molecule has 0 bridgehead atoms. The van der Waals surface area contributed by atoms with E-state index in [1.54, 1.807) is 24.3 Å². The third kappa shape index (κ3) is 6.05. The Hall–Kier alpha value is -3.15. The highest BCUT2D eigenvalue weighted by Crippen LogP contribution is 2.16. The first-order chi connectivity index (χ1) is 12.3. The second-order valence-corrected chi connectivity index (χ2v) is 6.18. The van der Waals surface area contributed by atoms with E-state index in [1.165, 1.54) is 0 Å². The minimum atomic E-state index is -1.17. The smallest absolute Gasteiger partial charge is 0.255 e. The van der Waals surface area contributed by atoms with Crippen LogP contribution >= 0.6 is 0 Å². The number of nitrogens with one attached hydrogen (secondary N) is 2. The summed E-state index contributed by atoms with van der Waals surface area (Å²) in [5.41, 5.74) is 3.89. The van der Waals surface area contributed by atoms with Crippen LogP contribution in [0.1, 0.15) is 40.7 Å². The SMILES string of the molecule is Cc1cc(C)cc(NC(=O)c2ccc(NC(=O)CCCC(=O)[O-])cc2)c1. The maximum Gasteiger partial charge on any atom is 0.255 e. The number of carbonyl (C=O) groups is 3. The van der Waals surface area contributed by atoms with Crippen LogP contribution < -0.4 is 15.7 Å². The summed E-state index contributed by atoms with van der Waals surface area (Å²) in [4.78, 5) is 34.4. The molecule has 2 amide bonds. The number of carboxylic acids is 1. The Morgan fingerprint density at radius 3 is 2.04 bits per heavy atom. The van der Waals surface area contributed by atoms with E-state index < -0.39 is 5.97 Å². The monoisotopic (exact) mass is 353 g/mol. The van der Waals surface area contributed by atoms with Gasteiger partial charge < -0.3 is 20.5 Å². The molecule has 136 valence electrons. The molecule has 0 heterocycles. The van der Waals surface area contributed by atoms with Crippen molar-refractivity contribution in [1.82, 2.24) is 0 Å². The van der Waals surface area contributed by atoms with E-state index in [2.05, 4.69) is 10.6 Å². The Morgan fingerprint density at radius 1 is 0.846 bits per heavy atom. The maximum atomic E-state index is 12.3. The van der Waals surface area contributed by atoms with Gasteiger partial charge in [0.05, 0.1) is 0 Å². The van der Waals surface area contributed by atoms with Gasteiger partial charge in [0, 0.05) is 29.3 Å². The van der Waals surface area contributed by atoms with Crippen LogP contribution in [0.5, 0.6) is 0 Å². The highest BCUT2D eigenvalue weighted by atomic mass is 16.4. The molecule has 0 aliphatic carbocycles. The van der Waals surface area contributed by atoms with Crippen LogP contribution in [0.3, 0.4) is 0 Å². The summed E-state index contributed by atoms with van der Waals surface area (Å²) in [5, 5.41) is 15.8. The Bertz CT molecular complexity index is 793. The van der Waals surface area contributed by atoms with E-state index in [1.807, 2.05) is 32.0 Å². The van der Waals surface area contributed by atoms with Crippen molar-refractivity contribution in [3.05, 3.63) is 59.2 Å². The van der Waals surface area contributed by atoms with Gasteiger partial charge in [-0.15, -0.1) is 0 Å². The Kier molecular flexibility index (Phi) is 6.49. The number of carbonyl (C=O) groups excluding carboxylic acids is 3. The molecule has 0 unspecified atom stereocenters. The third-order valence-corrected chi connectivity index (χ3v) is 3.70. The van der Waals surface area contributed by atoms with Crippen molar-refractivity contribution in [1.29, 1.82) is 0 Å². The largest absolute Gasteiger partial charge is 0.550 e. The number of rotatable bonds is 7. The van der Waals surface area contributed by atoms with E-state index in [-0.39, 0.29) is 31.1 Å². The van der Waals surface area contributed by atoms with E-state index in [0.29, 0.717) is 11.3 Å². The van der Waals surface area contributed by atoms with Gasteiger partial charge in [-0.1, -0.05) is 6.07 Å². The van der Waals surface area contributed by atoms with Crippen LogP contribution in [0.15, 0.2) is 42.5 Å². The molecule has 0 saturated heterocycles. The standard InChI is InChI=1S/C20H22N2O4/c1-13-10-14(2)12-17(11-13)22-20(26)15-6-8-16(9-7-15)21-18(23)4-3-5-19(24)25/h6-12H,3-5H2,1-2H3,(H,21,23)(H,22,26)(H,24,25)/p-1. The zero-order valence-electron chi connectivity index (χ0n) is 14.8. The average molecular weight is 353 g/mol. The van der Waals surface area contributed by atoms with Crippen molar-refractivity contribution in [2.75, 3.05) is 10.6 Å². The first-order valence-corrected chi connectivity index (χ1v) is 8.33. The van der Waals surface area contributed by atoms with E-state index in [0.717, 1.165) is 16.8 Å². The van der Waals surface area contributed by atoms with Crippen molar-refractivity contribution < 1.29 is 19.5 Å². The van der Waals surface area contributed by atoms with Gasteiger partial charge >= 0.3 is 0 Å². The summed E-state index contributed by atoms with van der Waals surface area (Å²) in [5.74, 6) is -1.68. The molecule has 26 heavy (non-hydrogen) atoms. The topological polar surface area (TPSA) is 98.3 Å². The normalized spacial score (nSPS) is 10.2. The van der Waals surface area contributed by atoms with Crippen molar-refractivity contribution >= 4 is 29.2 Å². The van der Waals surface area contributed by atoms with Crippen LogP contribution in [0.4, 0.5) is 11.4 Å². The molecule has 2 rings (SSSR count). The van der Waals surface area contributed by atoms with Crippen molar-refractivity contribution in [3.63, 3.8) is 0 Å². The predicted molar refractivity (Wildman–Crippen MR) is 97.8 cm³/mol. The lowest BCUT2D eigenvalue weighted by Gasteiger charge is -2.09. The van der Waals surface area contributed by atoms with Gasteiger partial charge in [0.25, 0.3) is 5.91 Å². The molecule has 2 N–H and O–H groups in total. The Labute approximate surface area is 152 Å². The van der Waals surface area contributed by atoms with Crippen LogP contribution in [-0.2, 0) is 9.59 Å². The molecule has 0 radical (unpaired) electrons. The number of anilines is 2. The second kappa shape index (κ2) is 8.80. The highest BCUT2D eigenvalue weighted by Gasteiger charge is 2.08. The summed E-state index contributed by atoms with van der Waals surface area (Å²) in [6.45, 7) is 3.93. The van der Waals surface area contributed by atoms with E-state index in [9.17, 15) is 19.5 Å². The lowest BCUT2D eigenvalue weighted by Crippen LogP contribution is -2.22. The molecule has 2 aromatic rings. The summed E-state index contributed by atoms with van der Waals surface area (Å²) in [6, 6.07) is 12.3. The fraction of sp³-hybridized carbons (Fsp3) is 0.250. The molecule has 0 saturated carbocycles. The molecule has 0 aromatic heterocycles. The van der Waals surface area contributed by atoms with E-state index >= 15 is 0 Å². The van der Waals surface area contributed by atoms with Gasteiger partial charge in [-0.3, -0.25) is 9.59 Å². The zero-order valence-corrected chi connectivity index (χ0v) is 14.8. The zero-order chi connectivity index (χ0) is 19.1. The molecular weight excluding hydrogens is 332 g/mol. The molecule has 0 aliphatic heterocycles. The van der Waals surface area contributed by atoms with Gasteiger partial charge in [0.1, 0.15) is 0 Å². The van der Waals surface area contributed by atoms with Crippen molar-refractivity contribution in [2.24, 2.45) is 0 Å². The number of aliphatic carboxylic acids is 1. The second-order valence-electron chi connectivity index (χ2n) is 6.18. The van der Waals surface area contributed by atoms with Crippen molar-refractivity contribution in [3.8, 4) is 0 Å². The summed E-state index contributed by atoms with van der Waals surface area (Å²) >= 11 is 0. The number of hydrogen-bond acceptors (Lipinski definition) is 4. The fourth-order valence-electron chi connectivity index (χ4n) is 2.57. The van der Waals surface area contributed by atoms with Crippen LogP contribution in [-0.4, -0.2) is 17.8 Å². The quantitative estimate of drug-likeness (QED) is 0.798. The fourth-order valence-corrected chi connectivity index (χ4v) is 2.57. The van der Waals surface area contributed by atoms with Crippen molar-refractivity contribution in [2.45, 2.75) is 33.1 Å². The molecule has 0 atom stereocenters. The molecule has 2 aromatic carbocycles. The minimum Gasteiger partial charge on any atom is -0.550 e. The van der Waals surface area contributed by atoms with Crippen LogP contribution in [0, 0.1) is 13.8 Å². The summed E-state index contributed by atoms with van der Waals surface area (Å²) in [6.07, 6.45) is 0.179. The minimum absolute atomic E-state index is 0.100. The summed E-state index contributed by atoms with van der Waals surface area (Å²) < 4.78 is 0. The molecule has 0 aliphatic rings. The first kappa shape index (κ1) is 19.2. The number of benzene rings is 2. The molecular formula is C20H21N2O4-. The molecule has 6 nitrogen and oxygen atoms in total. The average Bonchev–Trinajstić information content (AvgIpc) is 2.54. The van der Waals surface area contributed by atoms with Gasteiger partial charge in [0.15, 0.2) is 0 Å². The Morgan fingerprint density at radius 2 is 1.46 bits per heavy atom. The van der Waals surface area contributed by atoms with Gasteiger partial charge in [-0.25, -0.2) is 0 Å². The first-order valence-electron chi connectivity index (χ1n) is 8.33. The number of hydrogen-bond donors (Lipinski definition) is 2. The van der Waals surface area contributed by atoms with Crippen LogP contribution in [0.2, 0.25) is 0 Å². The third-order valence-electron chi connectivity index (χ3n) is 3.70. The van der Waals surface area contributed by atoms with Gasteiger partial charge in [-0.05, 0) is 74.2 Å². The number of carboxylic acid groups (broad SMARTS) is 1. The lowest BCUT2D eigenvalue weighted by atomic mass is 10.1. The number of amides is 2. The number of aryl methyl sites for hydroxylation is 2. The van der Waals surface area contributed by atoms with E-state index in [4.69, 9.17) is 0 Å². The van der Waals surface area contributed by atoms with Crippen LogP contribution in [0.25, 0.3) is 0 Å². The summed E-state index contributed by atoms with van der Waals surface area (Å²) in [7, 11) is 0. The predicted octanol–water partition coefficient (Wildman–Crippen LogP) is 2.41. The van der Waals surface area contributed by atoms with Gasteiger partial charge in [0.2, 0.25) is 5.91 Å². The molecule has 6 heteroatoms. The molecule has 0 spiro atoms. The Balaban J connectivity index is 1.92.